The molecule has 0 unspecified atom stereocenters. The van der Waals surface area contributed by atoms with E-state index in [-0.39, 0.29) is 16.9 Å². The number of aromatic nitrogens is 3. The number of hydrogen-bond donors (Lipinski definition) is 3. The molecule has 1 aromatic heterocycles. The first-order valence-corrected chi connectivity index (χ1v) is 8.90. The van der Waals surface area contributed by atoms with Gasteiger partial charge < -0.3 is 11.5 Å². The van der Waals surface area contributed by atoms with Gasteiger partial charge in [-0.25, -0.2) is 17.8 Å². The number of amides is 1. The molecular weight excluding hydrogens is 332 g/mol. The maximum atomic E-state index is 12.2. The average Bonchev–Trinajstić information content (AvgIpc) is 2.94. The number of anilines is 1. The topological polar surface area (TPSA) is 146 Å². The van der Waals surface area contributed by atoms with Crippen molar-refractivity contribution in [2.24, 2.45) is 11.7 Å². The van der Waals surface area contributed by atoms with Crippen molar-refractivity contribution in [1.29, 1.82) is 0 Å². The minimum Gasteiger partial charge on any atom is -0.399 e. The Morgan fingerprint density at radius 2 is 1.96 bits per heavy atom. The van der Waals surface area contributed by atoms with Crippen LogP contribution < -0.4 is 16.2 Å². The van der Waals surface area contributed by atoms with Gasteiger partial charge in [-0.2, -0.15) is 0 Å². The highest BCUT2D eigenvalue weighted by Crippen LogP contribution is 2.37. The van der Waals surface area contributed by atoms with Gasteiger partial charge in [0, 0.05) is 18.2 Å². The lowest BCUT2D eigenvalue weighted by Gasteiger charge is -2.33. The van der Waals surface area contributed by atoms with Crippen molar-refractivity contribution in [2.75, 3.05) is 5.73 Å². The zero-order valence-electron chi connectivity index (χ0n) is 12.8. The molecule has 3 rings (SSSR count). The molecule has 0 spiro atoms. The van der Waals surface area contributed by atoms with Crippen LogP contribution in [-0.2, 0) is 21.4 Å². The number of hydrogen-bond acceptors (Lipinski definition) is 7. The Morgan fingerprint density at radius 1 is 1.29 bits per heavy atom. The Balaban J connectivity index is 1.59. The van der Waals surface area contributed by atoms with Gasteiger partial charge in [-0.3, -0.25) is 4.79 Å². The van der Waals surface area contributed by atoms with Crippen LogP contribution in [0.1, 0.15) is 24.6 Å². The van der Waals surface area contributed by atoms with Crippen molar-refractivity contribution < 1.29 is 13.2 Å². The zero-order chi connectivity index (χ0) is 17.3. The minimum atomic E-state index is -3.89. The predicted octanol–water partition coefficient (Wildman–Crippen LogP) is -0.225. The van der Waals surface area contributed by atoms with Crippen molar-refractivity contribution in [3.05, 3.63) is 36.2 Å². The van der Waals surface area contributed by atoms with E-state index in [1.165, 1.54) is 24.3 Å². The fraction of sp³-hybridized carbons (Fsp3) is 0.357. The van der Waals surface area contributed by atoms with Crippen LogP contribution in [0.2, 0.25) is 0 Å². The average molecular weight is 350 g/mol. The van der Waals surface area contributed by atoms with E-state index in [9.17, 15) is 13.2 Å². The molecule has 1 aromatic carbocycles. The van der Waals surface area contributed by atoms with Gasteiger partial charge in [0.2, 0.25) is 5.91 Å². The molecule has 10 heteroatoms. The molecule has 1 aliphatic rings. The van der Waals surface area contributed by atoms with E-state index < -0.39 is 15.9 Å². The van der Waals surface area contributed by atoms with Crippen molar-refractivity contribution in [2.45, 2.75) is 30.3 Å². The number of nitrogen functional groups attached to an aromatic ring is 1. The van der Waals surface area contributed by atoms with E-state index in [2.05, 4.69) is 15.0 Å². The summed E-state index contributed by atoms with van der Waals surface area (Å²) < 4.78 is 28.1. The Labute approximate surface area is 139 Å². The van der Waals surface area contributed by atoms with E-state index in [0.29, 0.717) is 30.8 Å². The largest absolute Gasteiger partial charge is 0.399 e. The molecule has 0 aliphatic heterocycles. The van der Waals surface area contributed by atoms with Gasteiger partial charge in [0.25, 0.3) is 10.0 Å². The molecule has 1 heterocycles. The summed E-state index contributed by atoms with van der Waals surface area (Å²) in [5.74, 6) is -0.883. The van der Waals surface area contributed by atoms with Crippen LogP contribution in [0.4, 0.5) is 5.69 Å². The van der Waals surface area contributed by atoms with Crippen LogP contribution in [0.15, 0.2) is 35.4 Å². The molecule has 1 saturated carbocycles. The number of carbonyl (C=O) groups excluding carboxylic acids is 1. The quantitative estimate of drug-likeness (QED) is 0.631. The van der Waals surface area contributed by atoms with Crippen molar-refractivity contribution in [3.8, 4) is 0 Å². The highest BCUT2D eigenvalue weighted by molar-refractivity contribution is 7.90. The molecule has 0 radical (unpaired) electrons. The molecule has 5 N–H and O–H groups in total. The third-order valence-electron chi connectivity index (χ3n) is 4.05. The highest BCUT2D eigenvalue weighted by atomic mass is 32.2. The molecule has 1 fully saturated rings. The summed E-state index contributed by atoms with van der Waals surface area (Å²) in [6.07, 6.45) is 2.76. The second kappa shape index (κ2) is 6.21. The molecule has 2 aromatic rings. The summed E-state index contributed by atoms with van der Waals surface area (Å²) in [5, 5.41) is 7.85. The number of nitrogens with zero attached hydrogens (tertiary/aromatic N) is 3. The van der Waals surface area contributed by atoms with E-state index in [1.807, 2.05) is 0 Å². The fourth-order valence-corrected chi connectivity index (χ4v) is 3.57. The molecule has 1 aliphatic carbocycles. The third-order valence-corrected chi connectivity index (χ3v) is 5.41. The molecule has 0 saturated heterocycles. The molecular formula is C14H18N6O3S. The number of nitrogens with two attached hydrogens (primary N) is 2. The Kier molecular flexibility index (Phi) is 4.24. The lowest BCUT2D eigenvalue weighted by atomic mass is 9.80. The predicted molar refractivity (Wildman–Crippen MR) is 85.9 cm³/mol. The van der Waals surface area contributed by atoms with Crippen LogP contribution in [-0.4, -0.2) is 29.3 Å². The van der Waals surface area contributed by atoms with Gasteiger partial charge in [-0.15, -0.1) is 5.10 Å². The number of benzene rings is 1. The fourth-order valence-electron chi connectivity index (χ4n) is 2.52. The van der Waals surface area contributed by atoms with Gasteiger partial charge in [0.05, 0.1) is 22.8 Å². The van der Waals surface area contributed by atoms with Gasteiger partial charge in [0.1, 0.15) is 0 Å². The molecule has 9 nitrogen and oxygen atoms in total. The monoisotopic (exact) mass is 350 g/mol. The lowest BCUT2D eigenvalue weighted by molar-refractivity contribution is -0.127. The number of carbonyl (C=O) groups is 1. The first-order valence-electron chi connectivity index (χ1n) is 7.42. The lowest BCUT2D eigenvalue weighted by Crippen LogP contribution is -2.42. The normalized spacial score (nSPS) is 20.4. The Bertz CT molecular complexity index is 840. The molecule has 1 amide bonds. The van der Waals surface area contributed by atoms with Crippen molar-refractivity contribution >= 4 is 21.6 Å². The smallest absolute Gasteiger partial charge is 0.264 e. The first-order chi connectivity index (χ1) is 11.4. The van der Waals surface area contributed by atoms with Crippen LogP contribution in [0.5, 0.6) is 0 Å². The third kappa shape index (κ3) is 3.24. The second-order valence-corrected chi connectivity index (χ2v) is 7.44. The van der Waals surface area contributed by atoms with Crippen LogP contribution in [0.3, 0.4) is 0 Å². The number of nitrogens with one attached hydrogen (secondary N) is 1. The Morgan fingerprint density at radius 3 is 2.54 bits per heavy atom. The van der Waals surface area contributed by atoms with Gasteiger partial charge >= 0.3 is 0 Å². The van der Waals surface area contributed by atoms with Gasteiger partial charge in [-0.1, -0.05) is 5.21 Å². The zero-order valence-corrected chi connectivity index (χ0v) is 13.6. The summed E-state index contributed by atoms with van der Waals surface area (Å²) in [4.78, 5) is 12.1. The summed E-state index contributed by atoms with van der Waals surface area (Å²) in [6, 6.07) is 5.69. The SMILES string of the molecule is NCc1cn(C2CC(C(=O)NS(=O)(=O)c3ccc(N)cc3)C2)nn1. The molecule has 0 bridgehead atoms. The maximum absolute atomic E-state index is 12.2. The first kappa shape index (κ1) is 16.4. The van der Waals surface area contributed by atoms with Crippen molar-refractivity contribution in [1.82, 2.24) is 19.7 Å². The molecule has 24 heavy (non-hydrogen) atoms. The summed E-state index contributed by atoms with van der Waals surface area (Å²) in [7, 11) is -3.89. The van der Waals surface area contributed by atoms with Gasteiger partial charge in [-0.05, 0) is 37.1 Å². The number of sulfonamides is 1. The van der Waals surface area contributed by atoms with Crippen molar-refractivity contribution in [3.63, 3.8) is 0 Å². The minimum absolute atomic E-state index is 0.00443. The summed E-state index contributed by atoms with van der Waals surface area (Å²) in [5.41, 5.74) is 12.1. The van der Waals surface area contributed by atoms with Crippen LogP contribution in [0.25, 0.3) is 0 Å². The maximum Gasteiger partial charge on any atom is 0.264 e. The van der Waals surface area contributed by atoms with E-state index in [4.69, 9.17) is 11.5 Å². The Hall–Kier alpha value is -2.46. The number of rotatable bonds is 5. The summed E-state index contributed by atoms with van der Waals surface area (Å²) in [6.45, 7) is 0.302. The molecule has 128 valence electrons. The molecule has 0 atom stereocenters. The standard InChI is InChI=1S/C14H18N6O3S/c15-7-11-8-20(19-17-11)12-5-9(6-12)14(21)18-24(22,23)13-3-1-10(16)2-4-13/h1-4,8-9,12H,5-7,15-16H2,(H,18,21). The van der Waals surface area contributed by atoms with E-state index in [1.54, 1.807) is 10.9 Å². The van der Waals surface area contributed by atoms with Gasteiger partial charge in [0.15, 0.2) is 0 Å². The van der Waals surface area contributed by atoms with Crippen LogP contribution >= 0.6 is 0 Å². The van der Waals surface area contributed by atoms with E-state index in [0.717, 1.165) is 0 Å². The summed E-state index contributed by atoms with van der Waals surface area (Å²) >= 11 is 0. The second-order valence-electron chi connectivity index (χ2n) is 5.75. The van der Waals surface area contributed by atoms with Crippen LogP contribution in [0, 0.1) is 5.92 Å². The highest BCUT2D eigenvalue weighted by Gasteiger charge is 2.38. The van der Waals surface area contributed by atoms with E-state index >= 15 is 0 Å².